The Kier molecular flexibility index (Phi) is 6.24. The highest BCUT2D eigenvalue weighted by molar-refractivity contribution is 8.04. The number of carbonyl (C=O) groups excluding carboxylic acids is 2. The third kappa shape index (κ3) is 4.16. The molecule has 0 saturated carbocycles. The fraction of sp³-hybridized carbons (Fsp3) is 0.500. The van der Waals surface area contributed by atoms with E-state index in [0.717, 1.165) is 30.8 Å². The van der Waals surface area contributed by atoms with Crippen molar-refractivity contribution < 1.29 is 23.8 Å². The molecule has 0 aromatic heterocycles. The molecule has 31 heavy (non-hydrogen) atoms. The van der Waals surface area contributed by atoms with Crippen molar-refractivity contribution in [1.29, 1.82) is 0 Å². The summed E-state index contributed by atoms with van der Waals surface area (Å²) in [6.45, 7) is 6.01. The number of benzene rings is 1. The highest BCUT2D eigenvalue weighted by atomic mass is 32.2. The number of nitrogens with zero attached hydrogens (tertiary/aromatic N) is 2. The van der Waals surface area contributed by atoms with Crippen LogP contribution in [0.5, 0.6) is 11.5 Å². The minimum absolute atomic E-state index is 0.108. The standard InChI is InChI=1S/C22H27N3O5S/c1-5-30-22(27)19-12(2)18-20(26)23-17(24-21(18)31-19)11-25-7-6-13-8-15(28-3)16(29-4)9-14(13)10-25/h8-9,18,21H,5-7,10-11H2,1-4H3,(H,23,24,26)/t18-,21-/m0/s1. The number of nitrogens with one attached hydrogen (secondary N) is 1. The molecule has 8 nitrogen and oxygen atoms in total. The van der Waals surface area contributed by atoms with E-state index in [1.807, 2.05) is 19.1 Å². The van der Waals surface area contributed by atoms with Gasteiger partial charge in [-0.2, -0.15) is 0 Å². The largest absolute Gasteiger partial charge is 0.493 e. The van der Waals surface area contributed by atoms with Gasteiger partial charge in [-0.15, -0.1) is 0 Å². The van der Waals surface area contributed by atoms with Gasteiger partial charge in [0.15, 0.2) is 11.5 Å². The second-order valence-electron chi connectivity index (χ2n) is 7.72. The smallest absolute Gasteiger partial charge is 0.344 e. The van der Waals surface area contributed by atoms with E-state index in [9.17, 15) is 9.59 Å². The number of hydrogen-bond acceptors (Lipinski definition) is 8. The summed E-state index contributed by atoms with van der Waals surface area (Å²) in [5, 5.41) is 2.63. The lowest BCUT2D eigenvalue weighted by Gasteiger charge is -2.32. The average Bonchev–Trinajstić information content (AvgIpc) is 3.09. The number of carbonyl (C=O) groups is 2. The van der Waals surface area contributed by atoms with Gasteiger partial charge in [-0.25, -0.2) is 4.79 Å². The first-order valence-electron chi connectivity index (χ1n) is 10.3. The lowest BCUT2D eigenvalue weighted by atomic mass is 9.97. The molecule has 1 aromatic rings. The molecule has 3 aliphatic heterocycles. The molecule has 4 rings (SSSR count). The zero-order valence-corrected chi connectivity index (χ0v) is 19.0. The van der Waals surface area contributed by atoms with E-state index in [4.69, 9.17) is 19.2 Å². The van der Waals surface area contributed by atoms with Gasteiger partial charge in [-0.3, -0.25) is 14.7 Å². The van der Waals surface area contributed by atoms with Crippen LogP contribution in [0.2, 0.25) is 0 Å². The van der Waals surface area contributed by atoms with Crippen molar-refractivity contribution in [1.82, 2.24) is 10.2 Å². The Morgan fingerprint density at radius 2 is 1.97 bits per heavy atom. The predicted octanol–water partition coefficient (Wildman–Crippen LogP) is 2.12. The summed E-state index contributed by atoms with van der Waals surface area (Å²) in [6, 6.07) is 4.06. The zero-order chi connectivity index (χ0) is 22.1. The first-order chi connectivity index (χ1) is 14.9. The molecule has 0 saturated heterocycles. The summed E-state index contributed by atoms with van der Waals surface area (Å²) in [4.78, 5) is 32.5. The van der Waals surface area contributed by atoms with Crippen LogP contribution in [0.4, 0.5) is 0 Å². The van der Waals surface area contributed by atoms with Crippen LogP contribution in [0.25, 0.3) is 0 Å². The van der Waals surface area contributed by atoms with E-state index < -0.39 is 5.92 Å². The minimum Gasteiger partial charge on any atom is -0.493 e. The van der Waals surface area contributed by atoms with Crippen LogP contribution in [-0.4, -0.2) is 61.9 Å². The molecule has 2 atom stereocenters. The Balaban J connectivity index is 1.47. The van der Waals surface area contributed by atoms with Crippen LogP contribution >= 0.6 is 11.8 Å². The molecule has 0 fully saturated rings. The average molecular weight is 446 g/mol. The number of amides is 1. The van der Waals surface area contributed by atoms with Crippen LogP contribution in [0, 0.1) is 5.92 Å². The number of amidine groups is 1. The number of aliphatic imine (C=N–C) groups is 1. The molecule has 1 aromatic carbocycles. The molecule has 166 valence electrons. The highest BCUT2D eigenvalue weighted by Crippen LogP contribution is 2.44. The van der Waals surface area contributed by atoms with Gasteiger partial charge in [-0.1, -0.05) is 11.8 Å². The van der Waals surface area contributed by atoms with Gasteiger partial charge in [0.1, 0.15) is 11.2 Å². The van der Waals surface area contributed by atoms with Gasteiger partial charge in [0, 0.05) is 13.1 Å². The van der Waals surface area contributed by atoms with E-state index in [1.165, 1.54) is 22.9 Å². The summed E-state index contributed by atoms with van der Waals surface area (Å²) in [7, 11) is 3.27. The Morgan fingerprint density at radius 1 is 1.26 bits per heavy atom. The van der Waals surface area contributed by atoms with Crippen molar-refractivity contribution >= 4 is 29.5 Å². The van der Waals surface area contributed by atoms with Crippen LogP contribution < -0.4 is 14.8 Å². The first kappa shape index (κ1) is 21.7. The lowest BCUT2D eigenvalue weighted by Crippen LogP contribution is -2.49. The molecular weight excluding hydrogens is 418 g/mol. The van der Waals surface area contributed by atoms with Gasteiger partial charge in [-0.05, 0) is 49.1 Å². The minimum atomic E-state index is -0.424. The van der Waals surface area contributed by atoms with Gasteiger partial charge >= 0.3 is 5.97 Å². The van der Waals surface area contributed by atoms with Crippen molar-refractivity contribution in [3.8, 4) is 11.5 Å². The Bertz CT molecular complexity index is 974. The van der Waals surface area contributed by atoms with Crippen molar-refractivity contribution in [3.05, 3.63) is 33.7 Å². The molecule has 0 radical (unpaired) electrons. The summed E-state index contributed by atoms with van der Waals surface area (Å²) in [5.41, 5.74) is 3.16. The molecule has 0 spiro atoms. The molecule has 1 amide bonds. The normalized spacial score (nSPS) is 23.0. The fourth-order valence-electron chi connectivity index (χ4n) is 4.24. The monoisotopic (exact) mass is 445 g/mol. The van der Waals surface area contributed by atoms with E-state index in [1.54, 1.807) is 21.1 Å². The summed E-state index contributed by atoms with van der Waals surface area (Å²) in [5.74, 6) is 1.18. The molecule has 3 aliphatic rings. The first-order valence-corrected chi connectivity index (χ1v) is 11.2. The third-order valence-electron chi connectivity index (χ3n) is 5.81. The molecule has 0 unspecified atom stereocenters. The second kappa shape index (κ2) is 8.92. The van der Waals surface area contributed by atoms with Crippen LogP contribution in [0.1, 0.15) is 25.0 Å². The van der Waals surface area contributed by atoms with Crippen LogP contribution in [0.15, 0.2) is 27.6 Å². The maximum atomic E-state index is 12.8. The second-order valence-corrected chi connectivity index (χ2v) is 8.85. The number of ether oxygens (including phenoxy) is 3. The van der Waals surface area contributed by atoms with Crippen molar-refractivity contribution in [2.75, 3.05) is 33.9 Å². The van der Waals surface area contributed by atoms with E-state index >= 15 is 0 Å². The van der Waals surface area contributed by atoms with Gasteiger partial charge < -0.3 is 19.5 Å². The number of rotatable bonds is 6. The van der Waals surface area contributed by atoms with Crippen LogP contribution in [-0.2, 0) is 27.3 Å². The molecule has 9 heteroatoms. The quantitative estimate of drug-likeness (QED) is 0.671. The Labute approximate surface area is 186 Å². The fourth-order valence-corrected chi connectivity index (χ4v) is 5.60. The topological polar surface area (TPSA) is 89.5 Å². The van der Waals surface area contributed by atoms with Crippen molar-refractivity contribution in [2.24, 2.45) is 10.9 Å². The highest BCUT2D eigenvalue weighted by Gasteiger charge is 2.44. The van der Waals surface area contributed by atoms with Gasteiger partial charge in [0.05, 0.1) is 38.2 Å². The van der Waals surface area contributed by atoms with Crippen LogP contribution in [0.3, 0.4) is 0 Å². The molecule has 1 N–H and O–H groups in total. The summed E-state index contributed by atoms with van der Waals surface area (Å²) in [6.07, 6.45) is 0.880. The third-order valence-corrected chi connectivity index (χ3v) is 7.16. The number of methoxy groups -OCH3 is 2. The number of fused-ring (bicyclic) bond motifs is 2. The van der Waals surface area contributed by atoms with E-state index in [-0.39, 0.29) is 17.3 Å². The van der Waals surface area contributed by atoms with E-state index in [2.05, 4.69) is 10.2 Å². The number of thioether (sulfide) groups is 1. The molecule has 0 aliphatic carbocycles. The zero-order valence-electron chi connectivity index (χ0n) is 18.2. The summed E-state index contributed by atoms with van der Waals surface area (Å²) >= 11 is 1.33. The maximum absolute atomic E-state index is 12.8. The SMILES string of the molecule is CCOC(=O)C1=C(C)[C@H]2C(=O)NC(CN3CCc4cc(OC)c(OC)cc4C3)=N[C@H]2S1. The maximum Gasteiger partial charge on any atom is 0.344 e. The van der Waals surface area contributed by atoms with E-state index in [0.29, 0.717) is 29.6 Å². The molecular formula is C22H27N3O5S. The molecule has 0 bridgehead atoms. The predicted molar refractivity (Wildman–Crippen MR) is 118 cm³/mol. The van der Waals surface area contributed by atoms with Crippen molar-refractivity contribution in [2.45, 2.75) is 32.2 Å². The van der Waals surface area contributed by atoms with Gasteiger partial charge in [0.2, 0.25) is 5.91 Å². The Hall–Kier alpha value is -2.52. The van der Waals surface area contributed by atoms with Crippen molar-refractivity contribution in [3.63, 3.8) is 0 Å². The Morgan fingerprint density at radius 3 is 2.65 bits per heavy atom. The number of hydrogen-bond donors (Lipinski definition) is 1. The number of esters is 1. The molecule has 3 heterocycles. The summed E-state index contributed by atoms with van der Waals surface area (Å²) < 4.78 is 16.0. The lowest BCUT2D eigenvalue weighted by molar-refractivity contribution is -0.137. The van der Waals surface area contributed by atoms with Gasteiger partial charge in [0.25, 0.3) is 0 Å².